The molecule has 3 amide bonds. The van der Waals surface area contributed by atoms with Gasteiger partial charge in [0.2, 0.25) is 5.91 Å². The molecule has 3 fully saturated rings. The summed E-state index contributed by atoms with van der Waals surface area (Å²) in [4.78, 5) is 46.1. The molecule has 0 spiro atoms. The second-order valence-electron chi connectivity index (χ2n) is 21.9. The van der Waals surface area contributed by atoms with Crippen molar-refractivity contribution in [2.24, 2.45) is 23.5 Å². The lowest BCUT2D eigenvalue weighted by molar-refractivity contribution is -0.318. The third-order valence-corrected chi connectivity index (χ3v) is 15.6. The molecule has 8 N–H and O–H groups in total. The van der Waals surface area contributed by atoms with Crippen LogP contribution in [0.3, 0.4) is 0 Å². The highest BCUT2D eigenvalue weighted by atomic mass is 16.7. The predicted octanol–water partition coefficient (Wildman–Crippen LogP) is 3.83. The van der Waals surface area contributed by atoms with Gasteiger partial charge in [-0.2, -0.15) is 0 Å². The first-order valence-corrected chi connectivity index (χ1v) is 25.7. The van der Waals surface area contributed by atoms with E-state index < -0.39 is 108 Å². The van der Waals surface area contributed by atoms with E-state index in [-0.39, 0.29) is 69.9 Å². The number of aliphatic hydroxyl groups excluding tert-OH is 3. The minimum absolute atomic E-state index is 0.00776. The van der Waals surface area contributed by atoms with Gasteiger partial charge in [0, 0.05) is 69.8 Å². The molecule has 3 heterocycles. The van der Waals surface area contributed by atoms with Crippen molar-refractivity contribution in [1.29, 1.82) is 0 Å². The number of carbonyl (C=O) groups excluding carboxylic acids is 3. The third-order valence-electron chi connectivity index (χ3n) is 15.6. The van der Waals surface area contributed by atoms with Crippen molar-refractivity contribution < 1.29 is 68.3 Å². The summed E-state index contributed by atoms with van der Waals surface area (Å²) >= 11 is 0. The topological polar surface area (TPSA) is 256 Å². The van der Waals surface area contributed by atoms with Crippen molar-refractivity contribution >= 4 is 34.4 Å². The fourth-order valence-electron chi connectivity index (χ4n) is 11.2. The zero-order chi connectivity index (χ0) is 53.6. The van der Waals surface area contributed by atoms with Crippen molar-refractivity contribution in [1.82, 2.24) is 14.7 Å². The number of urea groups is 1. The number of fused-ring (bicyclic) bond motifs is 1. The minimum Gasteiger partial charge on any atom is -0.459 e. The van der Waals surface area contributed by atoms with Gasteiger partial charge < -0.3 is 74.8 Å². The van der Waals surface area contributed by atoms with Gasteiger partial charge in [-0.25, -0.2) is 4.79 Å². The van der Waals surface area contributed by atoms with Crippen molar-refractivity contribution in [2.75, 3.05) is 52.7 Å². The van der Waals surface area contributed by atoms with Crippen LogP contribution in [0.1, 0.15) is 101 Å². The molecule has 3 saturated heterocycles. The van der Waals surface area contributed by atoms with Crippen LogP contribution in [0.4, 0.5) is 10.5 Å². The molecule has 0 aromatic heterocycles. The Kier molecular flexibility index (Phi) is 20.5. The molecule has 3 aliphatic heterocycles. The summed E-state index contributed by atoms with van der Waals surface area (Å²) in [6.07, 6.45) is -9.86. The summed E-state index contributed by atoms with van der Waals surface area (Å²) in [5.74, 6) is -3.73. The van der Waals surface area contributed by atoms with Gasteiger partial charge in [0.15, 0.2) is 12.6 Å². The number of cyclic esters (lactones) is 1. The van der Waals surface area contributed by atoms with E-state index in [4.69, 9.17) is 34.2 Å². The van der Waals surface area contributed by atoms with Gasteiger partial charge in [-0.05, 0) is 111 Å². The van der Waals surface area contributed by atoms with Gasteiger partial charge >= 0.3 is 12.0 Å². The van der Waals surface area contributed by atoms with Gasteiger partial charge in [-0.15, -0.1) is 0 Å². The lowest BCUT2D eigenvalue weighted by Gasteiger charge is -2.48. The highest BCUT2D eigenvalue weighted by molar-refractivity contribution is 5.93. The Morgan fingerprint density at radius 1 is 0.917 bits per heavy atom. The number of carbonyl (C=O) groups is 3. The summed E-state index contributed by atoms with van der Waals surface area (Å²) in [6, 6.07) is 11.6. The van der Waals surface area contributed by atoms with Crippen molar-refractivity contribution in [3.63, 3.8) is 0 Å². The van der Waals surface area contributed by atoms with Crippen molar-refractivity contribution in [3.05, 3.63) is 42.5 Å². The fraction of sp³-hybridized carbons (Fsp3) is 0.755. The molecule has 19 heteroatoms. The maximum absolute atomic E-state index is 14.7. The molecule has 0 saturated carbocycles. The summed E-state index contributed by atoms with van der Waals surface area (Å²) in [7, 11) is 5.21. The minimum atomic E-state index is -2.02. The summed E-state index contributed by atoms with van der Waals surface area (Å²) in [6.45, 7) is 17.6. The Bertz CT molecular complexity index is 2100. The second-order valence-corrected chi connectivity index (χ2v) is 21.9. The molecule has 3 aliphatic rings. The second kappa shape index (κ2) is 24.8. The molecule has 0 radical (unpaired) electrons. The molecule has 19 nitrogen and oxygen atoms in total. The Labute approximate surface area is 426 Å². The van der Waals surface area contributed by atoms with Crippen molar-refractivity contribution in [3.8, 4) is 0 Å². The van der Waals surface area contributed by atoms with Gasteiger partial charge in [-0.1, -0.05) is 51.1 Å². The van der Waals surface area contributed by atoms with E-state index in [2.05, 4.69) is 5.32 Å². The van der Waals surface area contributed by atoms with Gasteiger partial charge in [-0.3, -0.25) is 14.5 Å². The molecule has 5 rings (SSSR count). The summed E-state index contributed by atoms with van der Waals surface area (Å²) in [5, 5.41) is 65.4. The molecule has 408 valence electrons. The number of nitrogens with one attached hydrogen (secondary N) is 1. The Hall–Kier alpha value is -3.57. The molecule has 0 bridgehead atoms. The number of likely N-dealkylation sites (N-methyl/N-ethyl adjacent to an activating group) is 1. The van der Waals surface area contributed by atoms with E-state index in [0.717, 1.165) is 10.8 Å². The Balaban J connectivity index is 1.55. The first-order valence-electron chi connectivity index (χ1n) is 25.7. The number of ether oxygens (including phenoxy) is 6. The first-order chi connectivity index (χ1) is 33.6. The zero-order valence-electron chi connectivity index (χ0n) is 44.9. The summed E-state index contributed by atoms with van der Waals surface area (Å²) < 4.78 is 38.2. The number of primary amides is 1. The van der Waals surface area contributed by atoms with Gasteiger partial charge in [0.1, 0.15) is 30.0 Å². The lowest BCUT2D eigenvalue weighted by Crippen LogP contribution is -2.60. The molecule has 2 aromatic rings. The molecule has 2 aromatic carbocycles. The van der Waals surface area contributed by atoms with Crippen LogP contribution >= 0.6 is 0 Å². The number of hydrogen-bond acceptors (Lipinski definition) is 16. The number of nitrogens with two attached hydrogens (primary N) is 1. The molecular formula is C53H87N5O14. The summed E-state index contributed by atoms with van der Waals surface area (Å²) in [5.41, 5.74) is 1.29. The van der Waals surface area contributed by atoms with E-state index in [0.29, 0.717) is 12.1 Å². The van der Waals surface area contributed by atoms with Crippen LogP contribution in [0.25, 0.3) is 10.8 Å². The SMILES string of the molecule is CC[C@H]1OC(=O)[C@H](C)[C@@H](O[C@H]2C[C@@](C)(OC)[C@@H](O)[C@H](C)O2)[C@H](C)[C@@H](O[C@@H]2O[C@H](C)C[C@H](N(C)C)[C@H]2O)[C@](C)(O)C[C@@H](C)CN(CCN(CCC(N)=O)C(=O)Nc2ccc3ccccc3c2)[C@H](C)[C@@H](O)[C@]1(C)O. The quantitative estimate of drug-likeness (QED) is 0.133. The van der Waals surface area contributed by atoms with Crippen LogP contribution in [0.2, 0.25) is 0 Å². The van der Waals surface area contributed by atoms with Crippen LogP contribution in [0.15, 0.2) is 42.5 Å². The van der Waals surface area contributed by atoms with Crippen molar-refractivity contribution in [2.45, 2.75) is 192 Å². The number of esters is 1. The van der Waals surface area contributed by atoms with E-state index in [9.17, 15) is 39.9 Å². The average Bonchev–Trinajstić information content (AvgIpc) is 3.31. The Morgan fingerprint density at radius 2 is 1.58 bits per heavy atom. The maximum atomic E-state index is 14.7. The highest BCUT2D eigenvalue weighted by Crippen LogP contribution is 2.40. The van der Waals surface area contributed by atoms with Crippen LogP contribution in [-0.4, -0.2) is 196 Å². The molecular weight excluding hydrogens is 931 g/mol. The number of methoxy groups -OCH3 is 1. The van der Waals surface area contributed by atoms with E-state index in [1.807, 2.05) is 74.1 Å². The smallest absolute Gasteiger partial charge is 0.321 e. The standard InChI is InChI=1S/C53H87N5O14/c1-14-40-53(10,66)45(61)34(6)58(24-23-57(22-21-41(54)59)50(64)55-38-20-19-36-17-15-16-18-37(36)26-38)29-30(2)27-51(8,65)47(72-49-43(60)39(56(11)12)25-31(3)68-49)32(4)44(33(5)48(63)70-40)71-42-28-52(9,67-13)46(62)35(7)69-42/h15-20,26,30-35,39-40,42-47,49,60-62,65-66H,14,21-25,27-29H2,1-13H3,(H2,54,59)(H,55,64)/t30-,31-,32+,33-,34-,35+,39+,40-,42+,43-,44+,45-,46+,47-,49+,51-,52-,53-/m1/s1. The van der Waals surface area contributed by atoms with Crippen LogP contribution in [0, 0.1) is 17.8 Å². The number of anilines is 1. The molecule has 0 unspecified atom stereocenters. The number of hydrogen-bond donors (Lipinski definition) is 7. The number of benzene rings is 2. The fourth-order valence-corrected chi connectivity index (χ4v) is 11.2. The van der Waals surface area contributed by atoms with Crippen LogP contribution in [-0.2, 0) is 38.0 Å². The lowest BCUT2D eigenvalue weighted by atomic mass is 9.77. The molecule has 72 heavy (non-hydrogen) atoms. The normalized spacial score (nSPS) is 38.9. The number of aliphatic hydroxyl groups is 5. The zero-order valence-corrected chi connectivity index (χ0v) is 44.9. The largest absolute Gasteiger partial charge is 0.459 e. The average molecular weight is 1020 g/mol. The van der Waals surface area contributed by atoms with E-state index >= 15 is 0 Å². The monoisotopic (exact) mass is 1020 g/mol. The maximum Gasteiger partial charge on any atom is 0.321 e. The number of amides is 3. The number of nitrogens with zero attached hydrogens (tertiary/aromatic N) is 3. The third kappa shape index (κ3) is 14.2. The van der Waals surface area contributed by atoms with Gasteiger partial charge in [0.25, 0.3) is 0 Å². The highest BCUT2D eigenvalue weighted by Gasteiger charge is 2.53. The van der Waals surface area contributed by atoms with E-state index in [1.54, 1.807) is 54.5 Å². The van der Waals surface area contributed by atoms with E-state index in [1.165, 1.54) is 18.9 Å². The van der Waals surface area contributed by atoms with Crippen LogP contribution < -0.4 is 11.1 Å². The predicted molar refractivity (Wildman–Crippen MR) is 271 cm³/mol. The Morgan fingerprint density at radius 3 is 2.21 bits per heavy atom. The first kappa shape index (κ1) is 59.3. The molecule has 18 atom stereocenters. The van der Waals surface area contributed by atoms with Crippen LogP contribution in [0.5, 0.6) is 0 Å². The molecule has 0 aliphatic carbocycles. The van der Waals surface area contributed by atoms with Gasteiger partial charge in [0.05, 0.1) is 41.5 Å². The number of rotatable bonds is 14.